The van der Waals surface area contributed by atoms with Crippen molar-refractivity contribution < 1.29 is 14.4 Å². The quantitative estimate of drug-likeness (QED) is 0.813. The minimum absolute atomic E-state index is 0.0655. The Balaban J connectivity index is 2.21. The van der Waals surface area contributed by atoms with Crippen LogP contribution in [0.2, 0.25) is 0 Å². The summed E-state index contributed by atoms with van der Waals surface area (Å²) in [7, 11) is 0. The van der Waals surface area contributed by atoms with E-state index in [1.54, 1.807) is 6.92 Å². The summed E-state index contributed by atoms with van der Waals surface area (Å²) in [5.74, 6) is -0.112. The largest absolute Gasteiger partial charge is 0.476 e. The Labute approximate surface area is 96.2 Å². The molecule has 0 bridgehead atoms. The first-order valence-electron chi connectivity index (χ1n) is 5.06. The molecule has 0 saturated heterocycles. The normalized spacial score (nSPS) is 10.7. The summed E-state index contributed by atoms with van der Waals surface area (Å²) in [4.78, 5) is 14.9. The highest BCUT2D eigenvalue weighted by atomic mass is 16.5. The molecule has 8 heteroatoms. The van der Waals surface area contributed by atoms with Crippen LogP contribution in [0.5, 0.6) is 0 Å². The number of nitrogens with zero attached hydrogens (tertiary/aromatic N) is 5. The second kappa shape index (κ2) is 4.32. The second-order valence-corrected chi connectivity index (χ2v) is 3.44. The van der Waals surface area contributed by atoms with Gasteiger partial charge in [-0.15, -0.1) is 5.10 Å². The number of rotatable bonds is 4. The summed E-state index contributed by atoms with van der Waals surface area (Å²) >= 11 is 0. The first-order valence-corrected chi connectivity index (χ1v) is 5.06. The number of aromatic carboxylic acids is 1. The molecule has 2 rings (SSSR count). The molecule has 0 spiro atoms. The minimum atomic E-state index is -1.10. The highest BCUT2D eigenvalue weighted by molar-refractivity contribution is 5.86. The van der Waals surface area contributed by atoms with Gasteiger partial charge in [0.1, 0.15) is 6.54 Å². The molecule has 2 aromatic heterocycles. The molecular formula is C9H11N5O3. The standard InChI is InChI=1S/C9H11N5O3/c1-3-7-10-6(12-17-7)4-14-5(2)8(9(15)16)11-13-14/h3-4H2,1-2H3,(H,15,16). The molecular weight excluding hydrogens is 226 g/mol. The number of aromatic nitrogens is 5. The Morgan fingerprint density at radius 1 is 1.53 bits per heavy atom. The van der Waals surface area contributed by atoms with Crippen molar-refractivity contribution >= 4 is 5.97 Å². The number of carboxylic acid groups (broad SMARTS) is 1. The molecule has 0 atom stereocenters. The van der Waals surface area contributed by atoms with Gasteiger partial charge in [0.25, 0.3) is 0 Å². The number of carbonyl (C=O) groups is 1. The molecule has 0 amide bonds. The minimum Gasteiger partial charge on any atom is -0.476 e. The monoisotopic (exact) mass is 237 g/mol. The third-order valence-corrected chi connectivity index (χ3v) is 2.29. The maximum absolute atomic E-state index is 10.8. The van der Waals surface area contributed by atoms with Crippen molar-refractivity contribution in [3.8, 4) is 0 Å². The van der Waals surface area contributed by atoms with Gasteiger partial charge < -0.3 is 9.63 Å². The lowest BCUT2D eigenvalue weighted by Gasteiger charge is -1.97. The summed E-state index contributed by atoms with van der Waals surface area (Å²) < 4.78 is 6.37. The van der Waals surface area contributed by atoms with Gasteiger partial charge >= 0.3 is 5.97 Å². The van der Waals surface area contributed by atoms with Crippen LogP contribution in [0.4, 0.5) is 0 Å². The van der Waals surface area contributed by atoms with Crippen molar-refractivity contribution in [1.29, 1.82) is 0 Å². The molecule has 0 aliphatic rings. The molecule has 0 saturated carbocycles. The summed E-state index contributed by atoms with van der Waals surface area (Å²) in [6.07, 6.45) is 0.656. The number of hydrogen-bond donors (Lipinski definition) is 1. The van der Waals surface area contributed by atoms with Crippen molar-refractivity contribution in [2.45, 2.75) is 26.8 Å². The average molecular weight is 237 g/mol. The Morgan fingerprint density at radius 3 is 2.82 bits per heavy atom. The van der Waals surface area contributed by atoms with Crippen molar-refractivity contribution in [2.75, 3.05) is 0 Å². The topological polar surface area (TPSA) is 107 Å². The molecule has 17 heavy (non-hydrogen) atoms. The van der Waals surface area contributed by atoms with Crippen LogP contribution >= 0.6 is 0 Å². The lowest BCUT2D eigenvalue weighted by atomic mass is 10.3. The molecule has 0 aliphatic heterocycles. The Bertz CT molecular complexity index is 545. The van der Waals surface area contributed by atoms with Crippen molar-refractivity contribution in [2.24, 2.45) is 0 Å². The Kier molecular flexibility index (Phi) is 2.86. The van der Waals surface area contributed by atoms with Crippen LogP contribution in [0.1, 0.15) is 34.8 Å². The summed E-state index contributed by atoms with van der Waals surface area (Å²) in [5.41, 5.74) is 0.393. The smallest absolute Gasteiger partial charge is 0.358 e. The van der Waals surface area contributed by atoms with Crippen LogP contribution in [-0.4, -0.2) is 36.2 Å². The second-order valence-electron chi connectivity index (χ2n) is 3.44. The first-order chi connectivity index (χ1) is 8.11. The Hall–Kier alpha value is -2.25. The molecule has 0 unspecified atom stereocenters. The summed E-state index contributed by atoms with van der Waals surface area (Å²) in [6, 6.07) is 0. The van der Waals surface area contributed by atoms with E-state index in [0.717, 1.165) is 0 Å². The highest BCUT2D eigenvalue weighted by Gasteiger charge is 2.16. The van der Waals surface area contributed by atoms with Crippen LogP contribution < -0.4 is 0 Å². The van der Waals surface area contributed by atoms with Crippen molar-refractivity contribution in [3.63, 3.8) is 0 Å². The van der Waals surface area contributed by atoms with Gasteiger partial charge in [0.2, 0.25) is 5.89 Å². The molecule has 0 aromatic carbocycles. The van der Waals surface area contributed by atoms with E-state index >= 15 is 0 Å². The molecule has 8 nitrogen and oxygen atoms in total. The molecule has 1 N–H and O–H groups in total. The maximum Gasteiger partial charge on any atom is 0.358 e. The summed E-state index contributed by atoms with van der Waals surface area (Å²) in [6.45, 7) is 3.78. The highest BCUT2D eigenvalue weighted by Crippen LogP contribution is 2.06. The van der Waals surface area contributed by atoms with Crippen LogP contribution in [0.25, 0.3) is 0 Å². The van der Waals surface area contributed by atoms with Gasteiger partial charge in [0.05, 0.1) is 5.69 Å². The zero-order valence-electron chi connectivity index (χ0n) is 9.41. The van der Waals surface area contributed by atoms with E-state index in [9.17, 15) is 4.79 Å². The van der Waals surface area contributed by atoms with E-state index in [2.05, 4.69) is 20.5 Å². The van der Waals surface area contributed by atoms with E-state index in [1.165, 1.54) is 4.68 Å². The van der Waals surface area contributed by atoms with Crippen LogP contribution in [0, 0.1) is 6.92 Å². The maximum atomic E-state index is 10.8. The third-order valence-electron chi connectivity index (χ3n) is 2.29. The third kappa shape index (κ3) is 2.14. The van der Waals surface area contributed by atoms with Gasteiger partial charge in [0, 0.05) is 6.42 Å². The molecule has 2 heterocycles. The fraction of sp³-hybridized carbons (Fsp3) is 0.444. The number of carboxylic acids is 1. The zero-order valence-corrected chi connectivity index (χ0v) is 9.41. The van der Waals surface area contributed by atoms with E-state index in [-0.39, 0.29) is 12.2 Å². The Morgan fingerprint density at radius 2 is 2.29 bits per heavy atom. The molecule has 0 aliphatic carbocycles. The molecule has 90 valence electrons. The van der Waals surface area contributed by atoms with Gasteiger partial charge in [0.15, 0.2) is 11.5 Å². The molecule has 0 fully saturated rings. The van der Waals surface area contributed by atoms with Crippen molar-refractivity contribution in [1.82, 2.24) is 25.1 Å². The van der Waals surface area contributed by atoms with E-state index in [4.69, 9.17) is 9.63 Å². The molecule has 2 aromatic rings. The van der Waals surface area contributed by atoms with Gasteiger partial charge in [-0.1, -0.05) is 17.3 Å². The van der Waals surface area contributed by atoms with Gasteiger partial charge in [-0.2, -0.15) is 4.98 Å². The SMILES string of the molecule is CCc1nc(Cn2nnc(C(=O)O)c2C)no1. The van der Waals surface area contributed by atoms with Gasteiger partial charge in [-0.3, -0.25) is 0 Å². The number of hydrogen-bond acceptors (Lipinski definition) is 6. The lowest BCUT2D eigenvalue weighted by molar-refractivity contribution is 0.0689. The van der Waals surface area contributed by atoms with Gasteiger partial charge in [-0.25, -0.2) is 9.48 Å². The number of aryl methyl sites for hydroxylation is 1. The lowest BCUT2D eigenvalue weighted by Crippen LogP contribution is -2.07. The summed E-state index contributed by atoms with van der Waals surface area (Å²) in [5, 5.41) is 19.9. The van der Waals surface area contributed by atoms with Crippen molar-refractivity contribution in [3.05, 3.63) is 23.1 Å². The van der Waals surface area contributed by atoms with E-state index in [0.29, 0.717) is 23.8 Å². The van der Waals surface area contributed by atoms with Crippen LogP contribution in [0.3, 0.4) is 0 Å². The predicted octanol–water partition coefficient (Wildman–Crippen LogP) is 0.278. The van der Waals surface area contributed by atoms with E-state index in [1.807, 2.05) is 6.92 Å². The average Bonchev–Trinajstić information content (AvgIpc) is 2.87. The van der Waals surface area contributed by atoms with Gasteiger partial charge in [-0.05, 0) is 6.92 Å². The van der Waals surface area contributed by atoms with Crippen LogP contribution in [-0.2, 0) is 13.0 Å². The predicted molar refractivity (Wildman–Crippen MR) is 54.5 cm³/mol. The zero-order chi connectivity index (χ0) is 12.4. The fourth-order valence-corrected chi connectivity index (χ4v) is 1.34. The first kappa shape index (κ1) is 11.2. The fourth-order valence-electron chi connectivity index (χ4n) is 1.34. The van der Waals surface area contributed by atoms with E-state index < -0.39 is 5.97 Å². The van der Waals surface area contributed by atoms with Crippen LogP contribution in [0.15, 0.2) is 4.52 Å². The molecule has 0 radical (unpaired) electrons.